The van der Waals surface area contributed by atoms with E-state index < -0.39 is 0 Å². The van der Waals surface area contributed by atoms with Crippen molar-refractivity contribution in [3.63, 3.8) is 0 Å². The molecule has 1 aromatic rings. The number of halogens is 2. The topological polar surface area (TPSA) is 18.5 Å². The summed E-state index contributed by atoms with van der Waals surface area (Å²) in [6.07, 6.45) is 22.1. The van der Waals surface area contributed by atoms with Gasteiger partial charge in [-0.2, -0.15) is 0 Å². The lowest BCUT2D eigenvalue weighted by atomic mass is 9.51. The van der Waals surface area contributed by atoms with E-state index >= 15 is 0 Å². The Balaban J connectivity index is 1.72. The molecular formula is C25H20Br2O2. The average molecular weight is 512 g/mol. The number of fused-ring (bicyclic) bond motifs is 8. The largest absolute Gasteiger partial charge is 0.455 e. The minimum atomic E-state index is -0.248. The molecule has 1 spiro atoms. The zero-order valence-electron chi connectivity index (χ0n) is 15.7. The molecule has 5 aliphatic rings. The molecule has 0 bridgehead atoms. The summed E-state index contributed by atoms with van der Waals surface area (Å²) in [5, 5.41) is 0. The number of allylic oxidation sites excluding steroid dienone is 7. The van der Waals surface area contributed by atoms with E-state index in [1.54, 1.807) is 0 Å². The van der Waals surface area contributed by atoms with Crippen LogP contribution in [0.25, 0.3) is 0 Å². The molecule has 1 fully saturated rings. The van der Waals surface area contributed by atoms with Gasteiger partial charge in [0.05, 0.1) is 16.7 Å². The molecule has 3 aliphatic carbocycles. The van der Waals surface area contributed by atoms with Crippen LogP contribution in [0.4, 0.5) is 0 Å². The van der Waals surface area contributed by atoms with E-state index in [2.05, 4.69) is 105 Å². The molecule has 2 nitrogen and oxygen atoms in total. The standard InChI is InChI=1S/C25H20Br2O2/c26-19-11-5-9-17-23(19)29-24-18(10-6-12-20(24)27)25(17)15-7-1-3-13-21(15)28-22-14-4-2-8-16(22)25/h1-5,7-11,13-16,21-22H,6,12H2. The van der Waals surface area contributed by atoms with Crippen LogP contribution in [0.1, 0.15) is 18.4 Å². The molecular weight excluding hydrogens is 492 g/mol. The molecule has 0 amide bonds. The summed E-state index contributed by atoms with van der Waals surface area (Å²) in [4.78, 5) is 0. The highest BCUT2D eigenvalue weighted by molar-refractivity contribution is 9.11. The first-order valence-electron chi connectivity index (χ1n) is 10.1. The normalized spacial score (nSPS) is 36.1. The number of hydrogen-bond acceptors (Lipinski definition) is 2. The highest BCUT2D eigenvalue weighted by atomic mass is 79.9. The monoisotopic (exact) mass is 510 g/mol. The third kappa shape index (κ3) is 2.43. The predicted molar refractivity (Wildman–Crippen MR) is 122 cm³/mol. The fourth-order valence-electron chi connectivity index (χ4n) is 5.73. The summed E-state index contributed by atoms with van der Waals surface area (Å²) in [5.74, 6) is 2.31. The minimum absolute atomic E-state index is 0.0326. The number of rotatable bonds is 0. The van der Waals surface area contributed by atoms with Gasteiger partial charge in [-0.05, 0) is 34.8 Å². The Bertz CT molecular complexity index is 1040. The van der Waals surface area contributed by atoms with Gasteiger partial charge in [0.15, 0.2) is 0 Å². The number of hydrogen-bond donors (Lipinski definition) is 0. The Hall–Kier alpha value is -1.62. The smallest absolute Gasteiger partial charge is 0.145 e. The second-order valence-corrected chi connectivity index (χ2v) is 9.95. The maximum Gasteiger partial charge on any atom is 0.145 e. The molecule has 0 N–H and O–H groups in total. The molecule has 2 aliphatic heterocycles. The molecule has 6 rings (SSSR count). The fourth-order valence-corrected chi connectivity index (χ4v) is 6.70. The molecule has 1 aromatic carbocycles. The van der Waals surface area contributed by atoms with Gasteiger partial charge in [-0.3, -0.25) is 0 Å². The van der Waals surface area contributed by atoms with E-state index in [4.69, 9.17) is 9.47 Å². The van der Waals surface area contributed by atoms with Crippen molar-refractivity contribution < 1.29 is 9.47 Å². The van der Waals surface area contributed by atoms with Gasteiger partial charge in [-0.15, -0.1) is 0 Å². The number of para-hydroxylation sites is 1. The SMILES string of the molecule is BrC1=C2Oc3c(Br)cccc3C3(C2=CCC1)C1C=CC=CC1OC1C=CC=CC13. The molecule has 0 radical (unpaired) electrons. The van der Waals surface area contributed by atoms with Gasteiger partial charge in [0, 0.05) is 32.9 Å². The first kappa shape index (κ1) is 18.2. The molecule has 0 aromatic heterocycles. The Labute approximate surface area is 187 Å². The van der Waals surface area contributed by atoms with Crippen molar-refractivity contribution in [1.82, 2.24) is 0 Å². The van der Waals surface area contributed by atoms with Gasteiger partial charge in [-0.1, -0.05) is 82.7 Å². The Morgan fingerprint density at radius 3 is 2.31 bits per heavy atom. The van der Waals surface area contributed by atoms with Crippen molar-refractivity contribution >= 4 is 31.9 Å². The van der Waals surface area contributed by atoms with Crippen molar-refractivity contribution in [3.8, 4) is 5.75 Å². The summed E-state index contributed by atoms with van der Waals surface area (Å²) in [7, 11) is 0. The van der Waals surface area contributed by atoms with E-state index in [9.17, 15) is 0 Å². The summed E-state index contributed by atoms with van der Waals surface area (Å²) in [6, 6.07) is 6.45. The van der Waals surface area contributed by atoms with Gasteiger partial charge in [0.2, 0.25) is 0 Å². The van der Waals surface area contributed by atoms with Crippen LogP contribution in [0.5, 0.6) is 5.75 Å². The molecule has 29 heavy (non-hydrogen) atoms. The van der Waals surface area contributed by atoms with Crippen LogP contribution in [0.3, 0.4) is 0 Å². The predicted octanol–water partition coefficient (Wildman–Crippen LogP) is 6.66. The summed E-state index contributed by atoms with van der Waals surface area (Å²) in [6.45, 7) is 0. The molecule has 2 heterocycles. The first-order valence-corrected chi connectivity index (χ1v) is 11.7. The highest BCUT2D eigenvalue weighted by Crippen LogP contribution is 2.63. The van der Waals surface area contributed by atoms with Crippen LogP contribution in [-0.4, -0.2) is 12.2 Å². The first-order chi connectivity index (χ1) is 14.2. The van der Waals surface area contributed by atoms with Crippen molar-refractivity contribution in [3.05, 3.63) is 98.7 Å². The lowest BCUT2D eigenvalue weighted by molar-refractivity contribution is -0.0855. The number of benzene rings is 1. The molecule has 4 atom stereocenters. The van der Waals surface area contributed by atoms with Gasteiger partial charge >= 0.3 is 0 Å². The van der Waals surface area contributed by atoms with E-state index in [1.165, 1.54) is 11.1 Å². The maximum atomic E-state index is 6.59. The quantitative estimate of drug-likeness (QED) is 0.387. The van der Waals surface area contributed by atoms with Crippen LogP contribution in [0.15, 0.2) is 93.2 Å². The van der Waals surface area contributed by atoms with Gasteiger partial charge < -0.3 is 9.47 Å². The minimum Gasteiger partial charge on any atom is -0.455 e. The average Bonchev–Trinajstić information content (AvgIpc) is 2.75. The van der Waals surface area contributed by atoms with E-state index in [1.807, 2.05) is 0 Å². The van der Waals surface area contributed by atoms with Gasteiger partial charge in [0.1, 0.15) is 11.5 Å². The van der Waals surface area contributed by atoms with Crippen LogP contribution in [-0.2, 0) is 10.2 Å². The summed E-state index contributed by atoms with van der Waals surface area (Å²) < 4.78 is 15.3. The Kier molecular flexibility index (Phi) is 4.20. The lowest BCUT2D eigenvalue weighted by Crippen LogP contribution is -2.59. The fraction of sp³-hybridized carbons (Fsp3) is 0.280. The second kappa shape index (κ2) is 6.69. The molecule has 1 saturated heterocycles. The molecule has 4 heteroatoms. The second-order valence-electron chi connectivity index (χ2n) is 8.13. The number of ether oxygens (including phenoxy) is 2. The van der Waals surface area contributed by atoms with E-state index in [0.717, 1.165) is 33.3 Å². The summed E-state index contributed by atoms with van der Waals surface area (Å²) >= 11 is 7.60. The van der Waals surface area contributed by atoms with Crippen molar-refractivity contribution in [2.75, 3.05) is 0 Å². The van der Waals surface area contributed by atoms with Crippen LogP contribution in [0, 0.1) is 11.8 Å². The van der Waals surface area contributed by atoms with E-state index in [-0.39, 0.29) is 29.5 Å². The molecule has 4 unspecified atom stereocenters. The Morgan fingerprint density at radius 2 is 1.59 bits per heavy atom. The van der Waals surface area contributed by atoms with E-state index in [0.29, 0.717) is 0 Å². The van der Waals surface area contributed by atoms with Crippen molar-refractivity contribution in [1.29, 1.82) is 0 Å². The molecule has 146 valence electrons. The van der Waals surface area contributed by atoms with Crippen LogP contribution >= 0.6 is 31.9 Å². The lowest BCUT2D eigenvalue weighted by Gasteiger charge is -2.58. The zero-order chi connectivity index (χ0) is 19.6. The zero-order valence-corrected chi connectivity index (χ0v) is 18.9. The van der Waals surface area contributed by atoms with Crippen LogP contribution < -0.4 is 4.74 Å². The maximum absolute atomic E-state index is 6.59. The van der Waals surface area contributed by atoms with Crippen LogP contribution in [0.2, 0.25) is 0 Å². The van der Waals surface area contributed by atoms with Crippen molar-refractivity contribution in [2.45, 2.75) is 30.5 Å². The Morgan fingerprint density at radius 1 is 0.897 bits per heavy atom. The van der Waals surface area contributed by atoms with Crippen molar-refractivity contribution in [2.24, 2.45) is 11.8 Å². The molecule has 0 saturated carbocycles. The third-order valence-electron chi connectivity index (χ3n) is 6.80. The third-order valence-corrected chi connectivity index (χ3v) is 8.18. The van der Waals surface area contributed by atoms with Gasteiger partial charge in [0.25, 0.3) is 0 Å². The summed E-state index contributed by atoms with van der Waals surface area (Å²) in [5.41, 5.74) is 2.30. The highest BCUT2D eigenvalue weighted by Gasteiger charge is 2.60. The van der Waals surface area contributed by atoms with Gasteiger partial charge in [-0.25, -0.2) is 0 Å².